The van der Waals surface area contributed by atoms with E-state index in [0.717, 1.165) is 55.9 Å². The number of ketones is 1. The van der Waals surface area contributed by atoms with Crippen LogP contribution < -0.4 is 11.5 Å². The molecule has 0 fully saturated rings. The molecule has 0 heterocycles. The molecule has 0 radical (unpaired) electrons. The zero-order valence-electron chi connectivity index (χ0n) is 22.4. The van der Waals surface area contributed by atoms with Gasteiger partial charge in [-0.2, -0.15) is 0 Å². The van der Waals surface area contributed by atoms with Crippen LogP contribution in [0.25, 0.3) is 5.57 Å². The third-order valence-electron chi connectivity index (χ3n) is 6.80. The lowest BCUT2D eigenvalue weighted by Crippen LogP contribution is -2.09. The van der Waals surface area contributed by atoms with Crippen LogP contribution in [0.1, 0.15) is 112 Å². The first-order chi connectivity index (χ1) is 16.3. The maximum absolute atomic E-state index is 12.0. The van der Waals surface area contributed by atoms with Gasteiger partial charge in [-0.05, 0) is 105 Å². The van der Waals surface area contributed by atoms with E-state index >= 15 is 0 Å². The van der Waals surface area contributed by atoms with Crippen molar-refractivity contribution in [3.63, 3.8) is 0 Å². The van der Waals surface area contributed by atoms with Crippen molar-refractivity contribution in [3.05, 3.63) is 87.2 Å². The summed E-state index contributed by atoms with van der Waals surface area (Å²) in [5.41, 5.74) is 23.0. The Bertz CT molecular complexity index is 1110. The van der Waals surface area contributed by atoms with E-state index in [0.29, 0.717) is 0 Å². The minimum atomic E-state index is -0.390. The van der Waals surface area contributed by atoms with Crippen molar-refractivity contribution < 1.29 is 9.90 Å². The second-order valence-electron chi connectivity index (χ2n) is 10.8. The van der Waals surface area contributed by atoms with Gasteiger partial charge in [-0.3, -0.25) is 4.79 Å². The van der Waals surface area contributed by atoms with Crippen molar-refractivity contribution in [3.8, 4) is 0 Å². The summed E-state index contributed by atoms with van der Waals surface area (Å²) >= 11 is 0. The lowest BCUT2D eigenvalue weighted by molar-refractivity contribution is -0.113. The molecule has 0 aromatic heterocycles. The maximum atomic E-state index is 12.0. The number of anilines is 2. The van der Waals surface area contributed by atoms with Crippen molar-refractivity contribution in [2.24, 2.45) is 0 Å². The van der Waals surface area contributed by atoms with Crippen molar-refractivity contribution in [2.45, 2.75) is 79.1 Å². The van der Waals surface area contributed by atoms with Crippen LogP contribution >= 0.6 is 0 Å². The highest BCUT2D eigenvalue weighted by Gasteiger charge is 2.22. The number of carbonyl (C=O) groups is 1. The molecule has 3 rings (SSSR count). The molecule has 1 aliphatic carbocycles. The van der Waals surface area contributed by atoms with E-state index in [2.05, 4.69) is 79.7 Å². The second-order valence-corrected chi connectivity index (χ2v) is 10.8. The molecule has 0 atom stereocenters. The largest absolute Gasteiger partial charge is 0.504 e. The van der Waals surface area contributed by atoms with Crippen LogP contribution in [-0.2, 0) is 4.79 Å². The molecular formula is C31H40N2O2. The van der Waals surface area contributed by atoms with Gasteiger partial charge in [0.05, 0.1) is 0 Å². The molecule has 4 heteroatoms. The molecule has 0 spiro atoms. The van der Waals surface area contributed by atoms with Crippen molar-refractivity contribution in [1.82, 2.24) is 0 Å². The molecular weight excluding hydrogens is 432 g/mol. The fraction of sp³-hybridized carbons (Fsp3) is 0.387. The molecule has 5 N–H and O–H groups in total. The van der Waals surface area contributed by atoms with Crippen LogP contribution in [0.5, 0.6) is 0 Å². The molecule has 0 bridgehead atoms. The number of allylic oxidation sites excluding steroid dienone is 4. The van der Waals surface area contributed by atoms with Gasteiger partial charge >= 0.3 is 0 Å². The third kappa shape index (κ3) is 5.22. The third-order valence-corrected chi connectivity index (χ3v) is 6.80. The zero-order valence-corrected chi connectivity index (χ0v) is 22.4. The number of aliphatic hydroxyl groups excluding tert-OH is 1. The predicted molar refractivity (Wildman–Crippen MR) is 149 cm³/mol. The number of nitrogen functional groups attached to an aromatic ring is 2. The van der Waals surface area contributed by atoms with E-state index in [9.17, 15) is 9.90 Å². The Morgan fingerprint density at radius 3 is 1.29 bits per heavy atom. The first-order valence-corrected chi connectivity index (χ1v) is 12.6. The van der Waals surface area contributed by atoms with Gasteiger partial charge in [0.25, 0.3) is 0 Å². The summed E-state index contributed by atoms with van der Waals surface area (Å²) in [6, 6.07) is 8.63. The van der Waals surface area contributed by atoms with Crippen LogP contribution in [0, 0.1) is 0 Å². The number of carbonyl (C=O) groups excluding carboxylic acids is 1. The molecule has 0 amide bonds. The zero-order chi connectivity index (χ0) is 26.2. The van der Waals surface area contributed by atoms with Gasteiger partial charge in [0.2, 0.25) is 5.78 Å². The molecule has 4 nitrogen and oxygen atoms in total. The van der Waals surface area contributed by atoms with Crippen LogP contribution in [-0.4, -0.2) is 10.9 Å². The minimum absolute atomic E-state index is 0.245. The van der Waals surface area contributed by atoms with E-state index < -0.39 is 0 Å². The summed E-state index contributed by atoms with van der Waals surface area (Å²) < 4.78 is 0. The van der Waals surface area contributed by atoms with Gasteiger partial charge in [-0.1, -0.05) is 61.5 Å². The summed E-state index contributed by atoms with van der Waals surface area (Å²) in [5, 5.41) is 10.3. The molecule has 186 valence electrons. The Kier molecular flexibility index (Phi) is 7.64. The molecule has 1 aliphatic rings. The predicted octanol–water partition coefficient (Wildman–Crippen LogP) is 7.73. The van der Waals surface area contributed by atoms with E-state index in [1.54, 1.807) is 12.2 Å². The summed E-state index contributed by atoms with van der Waals surface area (Å²) in [6.45, 7) is 17.2. The molecule has 2 aromatic carbocycles. The first-order valence-electron chi connectivity index (χ1n) is 12.6. The Labute approximate surface area is 210 Å². The number of hydrogen-bond donors (Lipinski definition) is 3. The van der Waals surface area contributed by atoms with Gasteiger partial charge in [0.1, 0.15) is 0 Å². The van der Waals surface area contributed by atoms with Crippen LogP contribution in [0.15, 0.2) is 53.8 Å². The average Bonchev–Trinajstić information content (AvgIpc) is 2.77. The number of benzene rings is 2. The monoisotopic (exact) mass is 472 g/mol. The van der Waals surface area contributed by atoms with Crippen molar-refractivity contribution >= 4 is 22.7 Å². The molecule has 0 aliphatic heterocycles. The highest BCUT2D eigenvalue weighted by molar-refractivity contribution is 6.05. The standard InChI is InChI=1S/C31H40N2O2/c1-16(2)23-11-21(12-24(17(3)4)30(23)32)29(20-9-10-27(34)28(35)15-20)22-13-25(18(5)6)31(33)26(14-22)19(7)8/h9-19,35H,32-33H2,1-8H3. The van der Waals surface area contributed by atoms with E-state index in [-0.39, 0.29) is 35.2 Å². The maximum Gasteiger partial charge on any atom is 0.220 e. The first kappa shape index (κ1) is 26.3. The molecule has 2 aromatic rings. The number of hydrogen-bond acceptors (Lipinski definition) is 4. The Balaban J connectivity index is 2.48. The highest BCUT2D eigenvalue weighted by atomic mass is 16.3. The fourth-order valence-electron chi connectivity index (χ4n) is 4.77. The minimum Gasteiger partial charge on any atom is -0.504 e. The fourth-order valence-corrected chi connectivity index (χ4v) is 4.77. The Morgan fingerprint density at radius 1 is 0.657 bits per heavy atom. The topological polar surface area (TPSA) is 89.3 Å². The Hall–Kier alpha value is -3.27. The van der Waals surface area contributed by atoms with Gasteiger partial charge in [-0.15, -0.1) is 0 Å². The second kappa shape index (κ2) is 10.2. The number of nitrogens with two attached hydrogens (primary N) is 2. The van der Waals surface area contributed by atoms with Gasteiger partial charge in [-0.25, -0.2) is 0 Å². The normalized spacial score (nSPS) is 14.0. The van der Waals surface area contributed by atoms with Gasteiger partial charge < -0.3 is 16.6 Å². The van der Waals surface area contributed by atoms with Gasteiger partial charge in [0, 0.05) is 11.4 Å². The molecule has 35 heavy (non-hydrogen) atoms. The van der Waals surface area contributed by atoms with E-state index in [1.165, 1.54) is 6.08 Å². The lowest BCUT2D eigenvalue weighted by atomic mass is 9.82. The summed E-state index contributed by atoms with van der Waals surface area (Å²) in [7, 11) is 0. The van der Waals surface area contributed by atoms with Crippen molar-refractivity contribution in [2.75, 3.05) is 11.5 Å². The van der Waals surface area contributed by atoms with Gasteiger partial charge in [0.15, 0.2) is 5.76 Å². The van der Waals surface area contributed by atoms with Crippen LogP contribution in [0.3, 0.4) is 0 Å². The van der Waals surface area contributed by atoms with E-state index in [4.69, 9.17) is 11.5 Å². The molecule has 0 unspecified atom stereocenters. The average molecular weight is 473 g/mol. The lowest BCUT2D eigenvalue weighted by Gasteiger charge is -2.24. The van der Waals surface area contributed by atoms with Crippen LogP contribution in [0.4, 0.5) is 11.4 Å². The SMILES string of the molecule is CC(C)c1cc(C(=C2C=CC(=O)C(O)=C2)c2cc(C(C)C)c(N)c(C(C)C)c2)cc(C(C)C)c1N. The number of aliphatic hydroxyl groups is 1. The summed E-state index contributed by atoms with van der Waals surface area (Å²) in [6.07, 6.45) is 4.79. The van der Waals surface area contributed by atoms with Crippen molar-refractivity contribution in [1.29, 1.82) is 0 Å². The summed E-state index contributed by atoms with van der Waals surface area (Å²) in [4.78, 5) is 12.0. The smallest absolute Gasteiger partial charge is 0.220 e. The molecule has 0 saturated carbocycles. The number of rotatable bonds is 6. The summed E-state index contributed by atoms with van der Waals surface area (Å²) in [5.74, 6) is 0.335. The quantitative estimate of drug-likeness (QED) is 0.375. The highest BCUT2D eigenvalue weighted by Crippen LogP contribution is 2.41. The van der Waals surface area contributed by atoms with Crippen LogP contribution in [0.2, 0.25) is 0 Å². The van der Waals surface area contributed by atoms with E-state index in [1.807, 2.05) is 0 Å². The Morgan fingerprint density at radius 2 is 1.00 bits per heavy atom. The molecule has 0 saturated heterocycles.